The van der Waals surface area contributed by atoms with Crippen LogP contribution in [0.1, 0.15) is 43.5 Å². The summed E-state index contributed by atoms with van der Waals surface area (Å²) in [5.74, 6) is 0.821. The second-order valence-corrected chi connectivity index (χ2v) is 6.85. The van der Waals surface area contributed by atoms with E-state index in [0.717, 1.165) is 36.1 Å². The van der Waals surface area contributed by atoms with E-state index in [0.29, 0.717) is 32.9 Å². The summed E-state index contributed by atoms with van der Waals surface area (Å²) in [7, 11) is 5.47. The lowest BCUT2D eigenvalue weighted by molar-refractivity contribution is 0.0486. The zero-order valence-electron chi connectivity index (χ0n) is 16.8. The minimum atomic E-state index is 0.0274. The minimum absolute atomic E-state index is 0.0274. The molecule has 1 unspecified atom stereocenters. The first-order valence-corrected chi connectivity index (χ1v) is 10.0. The highest BCUT2D eigenvalue weighted by Gasteiger charge is 2.12. The summed E-state index contributed by atoms with van der Waals surface area (Å²) >= 11 is 1.62. The van der Waals surface area contributed by atoms with Crippen LogP contribution in [0.5, 0.6) is 0 Å². The smallest absolute Gasteiger partial charge is 0.193 e. The highest BCUT2D eigenvalue weighted by molar-refractivity contribution is 7.09. The van der Waals surface area contributed by atoms with E-state index in [2.05, 4.69) is 27.6 Å². The van der Waals surface area contributed by atoms with E-state index in [1.807, 2.05) is 18.9 Å². The van der Waals surface area contributed by atoms with Gasteiger partial charge in [0, 0.05) is 39.7 Å². The molecule has 0 fully saturated rings. The summed E-state index contributed by atoms with van der Waals surface area (Å²) < 4.78 is 16.3. The molecule has 1 atom stereocenters. The molecular weight excluding hydrogens is 352 g/mol. The van der Waals surface area contributed by atoms with E-state index >= 15 is 0 Å². The highest BCUT2D eigenvalue weighted by atomic mass is 32.1. The predicted octanol–water partition coefficient (Wildman–Crippen LogP) is 2.69. The zero-order valence-corrected chi connectivity index (χ0v) is 17.6. The Morgan fingerprint density at radius 3 is 2.69 bits per heavy atom. The highest BCUT2D eigenvalue weighted by Crippen LogP contribution is 2.20. The van der Waals surface area contributed by atoms with Crippen LogP contribution in [0.2, 0.25) is 0 Å². The Morgan fingerprint density at radius 2 is 2.04 bits per heavy atom. The van der Waals surface area contributed by atoms with Gasteiger partial charge in [-0.2, -0.15) is 0 Å². The van der Waals surface area contributed by atoms with Gasteiger partial charge in [0.1, 0.15) is 11.1 Å². The zero-order chi connectivity index (χ0) is 19.2. The molecule has 0 aromatic carbocycles. The average molecular weight is 387 g/mol. The Hall–Kier alpha value is -1.22. The first kappa shape index (κ1) is 22.8. The third-order valence-electron chi connectivity index (χ3n) is 3.79. The molecule has 1 aromatic rings. The number of nitrogens with zero attached hydrogens (tertiary/aromatic N) is 3. The van der Waals surface area contributed by atoms with Crippen molar-refractivity contribution >= 4 is 17.3 Å². The predicted molar refractivity (Wildman–Crippen MR) is 107 cm³/mol. The molecule has 1 N–H and O–H groups in total. The molecule has 1 aromatic heterocycles. The molecule has 1 heterocycles. The van der Waals surface area contributed by atoms with Gasteiger partial charge in [-0.25, -0.2) is 4.98 Å². The van der Waals surface area contributed by atoms with Crippen molar-refractivity contribution in [2.24, 2.45) is 4.99 Å². The SMILES string of the molecule is CCCCOCCOCCNC(=NC)N(C)Cc1csc(C(C)OC)n1. The van der Waals surface area contributed by atoms with Crippen LogP contribution in [0.4, 0.5) is 0 Å². The van der Waals surface area contributed by atoms with Gasteiger partial charge in [-0.05, 0) is 13.3 Å². The topological polar surface area (TPSA) is 68.2 Å². The molecule has 26 heavy (non-hydrogen) atoms. The average Bonchev–Trinajstić information content (AvgIpc) is 3.11. The Bertz CT molecular complexity index is 510. The Labute approximate surface area is 161 Å². The van der Waals surface area contributed by atoms with Gasteiger partial charge in [0.2, 0.25) is 0 Å². The van der Waals surface area contributed by atoms with E-state index in [-0.39, 0.29) is 6.10 Å². The number of ether oxygens (including phenoxy) is 3. The minimum Gasteiger partial charge on any atom is -0.379 e. The fourth-order valence-corrected chi connectivity index (χ4v) is 3.03. The quantitative estimate of drug-likeness (QED) is 0.319. The van der Waals surface area contributed by atoms with Crippen molar-refractivity contribution < 1.29 is 14.2 Å². The largest absolute Gasteiger partial charge is 0.379 e. The molecule has 1 rings (SSSR count). The Morgan fingerprint density at radius 1 is 1.31 bits per heavy atom. The molecule has 0 amide bonds. The summed E-state index contributed by atoms with van der Waals surface area (Å²) in [5, 5.41) is 6.36. The van der Waals surface area contributed by atoms with E-state index in [1.54, 1.807) is 25.5 Å². The van der Waals surface area contributed by atoms with E-state index in [1.165, 1.54) is 0 Å². The number of thiazole rings is 1. The van der Waals surface area contributed by atoms with Crippen LogP contribution in [0, 0.1) is 0 Å². The molecule has 0 aliphatic carbocycles. The number of hydrogen-bond acceptors (Lipinski definition) is 6. The van der Waals surface area contributed by atoms with Crippen LogP contribution < -0.4 is 5.32 Å². The molecule has 0 bridgehead atoms. The Kier molecular flexibility index (Phi) is 12.2. The Balaban J connectivity index is 2.23. The van der Waals surface area contributed by atoms with Gasteiger partial charge in [-0.3, -0.25) is 4.99 Å². The molecule has 0 aliphatic rings. The number of aromatic nitrogens is 1. The van der Waals surface area contributed by atoms with E-state index in [9.17, 15) is 0 Å². The van der Waals surface area contributed by atoms with Crippen molar-refractivity contribution in [1.29, 1.82) is 0 Å². The molecule has 150 valence electrons. The summed E-state index contributed by atoms with van der Waals surface area (Å²) in [6.45, 7) is 8.27. The summed E-state index contributed by atoms with van der Waals surface area (Å²) in [6, 6.07) is 0. The van der Waals surface area contributed by atoms with Gasteiger partial charge in [0.15, 0.2) is 5.96 Å². The van der Waals surface area contributed by atoms with Crippen LogP contribution in [-0.4, -0.2) is 70.0 Å². The molecule has 0 spiro atoms. The molecule has 0 aliphatic heterocycles. The first-order valence-electron chi connectivity index (χ1n) is 9.16. The van der Waals surface area contributed by atoms with Gasteiger partial charge < -0.3 is 24.4 Å². The lowest BCUT2D eigenvalue weighted by Crippen LogP contribution is -2.40. The summed E-state index contributed by atoms with van der Waals surface area (Å²) in [5.41, 5.74) is 1.01. The fourth-order valence-electron chi connectivity index (χ4n) is 2.19. The van der Waals surface area contributed by atoms with E-state index in [4.69, 9.17) is 14.2 Å². The molecule has 7 nitrogen and oxygen atoms in total. The third-order valence-corrected chi connectivity index (χ3v) is 4.84. The van der Waals surface area contributed by atoms with Gasteiger partial charge in [-0.15, -0.1) is 11.3 Å². The van der Waals surface area contributed by atoms with Crippen LogP contribution >= 0.6 is 11.3 Å². The summed E-state index contributed by atoms with van der Waals surface area (Å²) in [6.07, 6.45) is 2.29. The second kappa shape index (κ2) is 13.9. The lowest BCUT2D eigenvalue weighted by Gasteiger charge is -2.21. The third kappa shape index (κ3) is 8.93. The maximum absolute atomic E-state index is 5.56. The van der Waals surface area contributed by atoms with Crippen molar-refractivity contribution in [3.63, 3.8) is 0 Å². The van der Waals surface area contributed by atoms with Crippen molar-refractivity contribution in [3.05, 3.63) is 16.1 Å². The fraction of sp³-hybridized carbons (Fsp3) is 0.778. The maximum atomic E-state index is 5.56. The van der Waals surface area contributed by atoms with Crippen LogP contribution in [0.3, 0.4) is 0 Å². The molecule has 8 heteroatoms. The number of methoxy groups -OCH3 is 1. The van der Waals surface area contributed by atoms with Crippen molar-refractivity contribution in [1.82, 2.24) is 15.2 Å². The standard InChI is InChI=1S/C18H34N4O3S/c1-6-7-9-24-11-12-25-10-8-20-18(19-3)22(4)13-16-14-26-17(21-16)15(2)23-5/h14-15H,6-13H2,1-5H3,(H,19,20). The van der Waals surface area contributed by atoms with Crippen LogP contribution in [-0.2, 0) is 20.8 Å². The number of hydrogen-bond donors (Lipinski definition) is 1. The normalized spacial score (nSPS) is 13.0. The monoisotopic (exact) mass is 386 g/mol. The molecular formula is C18H34N4O3S. The van der Waals surface area contributed by atoms with Crippen molar-refractivity contribution in [2.45, 2.75) is 39.3 Å². The summed E-state index contributed by atoms with van der Waals surface area (Å²) in [4.78, 5) is 11.0. The van der Waals surface area contributed by atoms with Crippen molar-refractivity contribution in [3.8, 4) is 0 Å². The maximum Gasteiger partial charge on any atom is 0.193 e. The van der Waals surface area contributed by atoms with Crippen LogP contribution in [0.25, 0.3) is 0 Å². The number of nitrogens with one attached hydrogen (secondary N) is 1. The lowest BCUT2D eigenvalue weighted by atomic mass is 10.4. The van der Waals surface area contributed by atoms with Crippen molar-refractivity contribution in [2.75, 3.05) is 54.2 Å². The van der Waals surface area contributed by atoms with E-state index < -0.39 is 0 Å². The van der Waals surface area contributed by atoms with Crippen LogP contribution in [0.15, 0.2) is 10.4 Å². The first-order chi connectivity index (χ1) is 12.6. The number of aliphatic imine (C=N–C) groups is 1. The van der Waals surface area contributed by atoms with Gasteiger partial charge >= 0.3 is 0 Å². The van der Waals surface area contributed by atoms with Gasteiger partial charge in [-0.1, -0.05) is 13.3 Å². The van der Waals surface area contributed by atoms with Gasteiger partial charge in [0.05, 0.1) is 32.1 Å². The molecule has 0 saturated carbocycles. The molecule has 0 radical (unpaired) electrons. The number of unbranched alkanes of at least 4 members (excludes halogenated alkanes) is 1. The second-order valence-electron chi connectivity index (χ2n) is 5.96. The number of rotatable bonds is 13. The number of guanidine groups is 1. The van der Waals surface area contributed by atoms with Gasteiger partial charge in [0.25, 0.3) is 0 Å². The molecule has 0 saturated heterocycles.